The summed E-state index contributed by atoms with van der Waals surface area (Å²) in [6, 6.07) is 5.35. The van der Waals surface area contributed by atoms with E-state index in [0.717, 1.165) is 6.92 Å². The van der Waals surface area contributed by atoms with Gasteiger partial charge < -0.3 is 10.4 Å². The number of nitroso groups, excluding NO2 is 1. The average Bonchev–Trinajstić information content (AvgIpc) is 3.20. The van der Waals surface area contributed by atoms with Gasteiger partial charge in [0, 0.05) is 5.69 Å². The van der Waals surface area contributed by atoms with Crippen molar-refractivity contribution in [2.24, 2.45) is 5.18 Å². The van der Waals surface area contributed by atoms with Crippen LogP contribution in [0, 0.1) is 4.91 Å². The van der Waals surface area contributed by atoms with Gasteiger partial charge in [0.15, 0.2) is 0 Å². The highest BCUT2D eigenvalue weighted by molar-refractivity contribution is 6.03. The van der Waals surface area contributed by atoms with E-state index >= 15 is 0 Å². The number of anilines is 1. The Morgan fingerprint density at radius 3 is 2.45 bits per heavy atom. The molecule has 1 aromatic rings. The lowest BCUT2D eigenvalue weighted by molar-refractivity contribution is -0.160. The van der Waals surface area contributed by atoms with Crippen LogP contribution in [0.25, 0.3) is 0 Å². The lowest BCUT2D eigenvalue weighted by Gasteiger charge is -2.20. The summed E-state index contributed by atoms with van der Waals surface area (Å²) < 4.78 is 39.2. The maximum absolute atomic E-state index is 13.1. The predicted octanol–water partition coefficient (Wildman–Crippen LogP) is 3.77. The first-order valence-electron chi connectivity index (χ1n) is 6.43. The van der Waals surface area contributed by atoms with Crippen LogP contribution in [0.1, 0.15) is 25.3 Å². The predicted molar refractivity (Wildman–Crippen MR) is 73.2 cm³/mol. The summed E-state index contributed by atoms with van der Waals surface area (Å²) in [6.07, 6.45) is -4.35. The van der Waals surface area contributed by atoms with E-state index < -0.39 is 29.0 Å². The third kappa shape index (κ3) is 2.81. The Morgan fingerprint density at radius 2 is 2.00 bits per heavy atom. The van der Waals surface area contributed by atoms with Gasteiger partial charge in [-0.3, -0.25) is 4.79 Å². The molecule has 1 aromatic carbocycles. The molecule has 0 heterocycles. The molecule has 5 nitrogen and oxygen atoms in total. The number of halogens is 3. The number of hydrogen-bond acceptors (Lipinski definition) is 4. The molecule has 1 fully saturated rings. The third-order valence-electron chi connectivity index (χ3n) is 3.61. The summed E-state index contributed by atoms with van der Waals surface area (Å²) >= 11 is 0. The molecule has 22 heavy (non-hydrogen) atoms. The molecule has 0 atom stereocenters. The highest BCUT2D eigenvalue weighted by Gasteiger charge is 2.64. The van der Waals surface area contributed by atoms with E-state index in [1.165, 1.54) is 24.3 Å². The highest BCUT2D eigenvalue weighted by Crippen LogP contribution is 2.59. The van der Waals surface area contributed by atoms with Gasteiger partial charge in [-0.2, -0.15) is 13.2 Å². The molecule has 0 radical (unpaired) electrons. The van der Waals surface area contributed by atoms with Gasteiger partial charge in [-0.25, -0.2) is 0 Å². The first-order chi connectivity index (χ1) is 10.2. The maximum Gasteiger partial charge on any atom is 0.398 e. The molecule has 0 spiro atoms. The van der Waals surface area contributed by atoms with Crippen LogP contribution in [-0.4, -0.2) is 17.2 Å². The Bertz CT molecular complexity index is 645. The second-order valence-electron chi connectivity index (χ2n) is 5.14. The molecule has 1 aliphatic rings. The number of aliphatic hydroxyl groups is 1. The van der Waals surface area contributed by atoms with Crippen LogP contribution in [0.4, 0.5) is 18.9 Å². The van der Waals surface area contributed by atoms with Gasteiger partial charge in [-0.05, 0) is 42.6 Å². The van der Waals surface area contributed by atoms with Crippen molar-refractivity contribution in [1.29, 1.82) is 0 Å². The normalized spacial score (nSPS) is 17.5. The fourth-order valence-electron chi connectivity index (χ4n) is 2.22. The zero-order valence-corrected chi connectivity index (χ0v) is 11.6. The van der Waals surface area contributed by atoms with Crippen LogP contribution in [0.5, 0.6) is 0 Å². The summed E-state index contributed by atoms with van der Waals surface area (Å²) in [6.45, 7) is 1.11. The van der Waals surface area contributed by atoms with E-state index in [9.17, 15) is 22.9 Å². The minimum atomic E-state index is -4.35. The van der Waals surface area contributed by atoms with Crippen LogP contribution in [0.2, 0.25) is 0 Å². The van der Waals surface area contributed by atoms with Crippen molar-refractivity contribution in [3.63, 3.8) is 0 Å². The van der Waals surface area contributed by atoms with Crippen molar-refractivity contribution >= 4 is 11.6 Å². The molecule has 2 N–H and O–H groups in total. The van der Waals surface area contributed by atoms with Gasteiger partial charge in [-0.1, -0.05) is 12.1 Å². The van der Waals surface area contributed by atoms with Crippen molar-refractivity contribution in [2.45, 2.75) is 31.4 Å². The zero-order valence-electron chi connectivity index (χ0n) is 11.6. The van der Waals surface area contributed by atoms with E-state index in [0.29, 0.717) is 0 Å². The van der Waals surface area contributed by atoms with E-state index in [4.69, 9.17) is 5.11 Å². The minimum absolute atomic E-state index is 0.00466. The van der Waals surface area contributed by atoms with Crippen LogP contribution in [0.15, 0.2) is 40.9 Å². The number of aliphatic hydroxyl groups excluding tert-OH is 1. The third-order valence-corrected chi connectivity index (χ3v) is 3.61. The van der Waals surface area contributed by atoms with Crippen molar-refractivity contribution in [1.82, 2.24) is 0 Å². The number of nitrogens with zero attached hydrogens (tertiary/aromatic N) is 1. The summed E-state index contributed by atoms with van der Waals surface area (Å²) in [5, 5.41) is 13.8. The Labute approximate surface area is 123 Å². The van der Waals surface area contributed by atoms with Gasteiger partial charge >= 0.3 is 6.18 Å². The minimum Gasteiger partial charge on any atom is -0.510 e. The summed E-state index contributed by atoms with van der Waals surface area (Å²) in [5.41, 5.74) is -2.42. The molecule has 8 heteroatoms. The van der Waals surface area contributed by atoms with E-state index in [-0.39, 0.29) is 24.1 Å². The fourth-order valence-corrected chi connectivity index (χ4v) is 2.22. The topological polar surface area (TPSA) is 78.8 Å². The van der Waals surface area contributed by atoms with Crippen molar-refractivity contribution < 1.29 is 23.1 Å². The smallest absolute Gasteiger partial charge is 0.398 e. The van der Waals surface area contributed by atoms with Gasteiger partial charge in [0.25, 0.3) is 5.91 Å². The summed E-state index contributed by atoms with van der Waals surface area (Å²) in [7, 11) is 0. The number of carbonyl (C=O) groups excluding carboxylic acids is 1. The van der Waals surface area contributed by atoms with Crippen molar-refractivity contribution in [2.75, 3.05) is 5.32 Å². The quantitative estimate of drug-likeness (QED) is 0.504. The number of amides is 1. The number of nitrogens with one attached hydrogen (secondary N) is 1. The Kier molecular flexibility index (Phi) is 3.95. The van der Waals surface area contributed by atoms with Crippen molar-refractivity contribution in [3.05, 3.63) is 46.2 Å². The number of carbonyl (C=O) groups is 1. The van der Waals surface area contributed by atoms with Crippen LogP contribution in [-0.2, 0) is 10.2 Å². The van der Waals surface area contributed by atoms with Gasteiger partial charge in [-0.15, -0.1) is 4.91 Å². The number of benzene rings is 1. The Hall–Kier alpha value is -2.38. The largest absolute Gasteiger partial charge is 0.510 e. The van der Waals surface area contributed by atoms with Gasteiger partial charge in [0.05, 0.1) is 5.41 Å². The number of alkyl halides is 3. The van der Waals surface area contributed by atoms with Gasteiger partial charge in [0.2, 0.25) is 5.70 Å². The molecule has 0 aromatic heterocycles. The highest BCUT2D eigenvalue weighted by atomic mass is 19.4. The van der Waals surface area contributed by atoms with E-state index in [1.54, 1.807) is 0 Å². The molecular formula is C14H13F3N2O3. The monoisotopic (exact) mass is 314 g/mol. The Morgan fingerprint density at radius 1 is 1.36 bits per heavy atom. The van der Waals surface area contributed by atoms with Crippen molar-refractivity contribution in [3.8, 4) is 0 Å². The van der Waals surface area contributed by atoms with Gasteiger partial charge in [0.1, 0.15) is 5.76 Å². The van der Waals surface area contributed by atoms with Crippen LogP contribution >= 0.6 is 0 Å². The van der Waals surface area contributed by atoms with E-state index in [1.807, 2.05) is 0 Å². The molecule has 0 saturated heterocycles. The molecular weight excluding hydrogens is 301 g/mol. The molecule has 118 valence electrons. The molecule has 2 rings (SSSR count). The van der Waals surface area contributed by atoms with Crippen LogP contribution < -0.4 is 5.32 Å². The molecule has 0 unspecified atom stereocenters. The Balaban J connectivity index is 2.26. The number of rotatable bonds is 4. The average molecular weight is 314 g/mol. The molecule has 1 amide bonds. The molecule has 1 aliphatic carbocycles. The molecule has 0 bridgehead atoms. The fraction of sp³-hybridized carbons (Fsp3) is 0.357. The SMILES string of the molecule is C/C(O)=C(\N=O)C(=O)Nc1cccc(C2(C(F)(F)F)CC2)c1. The first kappa shape index (κ1) is 16.0. The number of hydrogen-bond donors (Lipinski definition) is 2. The number of allylic oxidation sites excluding steroid dienone is 1. The maximum atomic E-state index is 13.1. The summed E-state index contributed by atoms with van der Waals surface area (Å²) in [4.78, 5) is 22.2. The van der Waals surface area contributed by atoms with Crippen LogP contribution in [0.3, 0.4) is 0 Å². The first-order valence-corrected chi connectivity index (χ1v) is 6.43. The zero-order chi connectivity index (χ0) is 16.5. The second kappa shape index (κ2) is 5.43. The second-order valence-corrected chi connectivity index (χ2v) is 5.14. The summed E-state index contributed by atoms with van der Waals surface area (Å²) in [5.74, 6) is -1.55. The lowest BCUT2D eigenvalue weighted by atomic mass is 9.95. The molecule has 1 saturated carbocycles. The lowest BCUT2D eigenvalue weighted by Crippen LogP contribution is -2.28. The molecule has 0 aliphatic heterocycles. The van der Waals surface area contributed by atoms with E-state index in [2.05, 4.69) is 10.5 Å². The standard InChI is InChI=1S/C14H13F3N2O3/c1-8(20)11(19-22)12(21)18-10-4-2-3-9(7-10)13(5-6-13)14(15,16)17/h2-4,7,20H,5-6H2,1H3,(H,18,21)/b11-8+.